The maximum atomic E-state index is 13.0. The van der Waals surface area contributed by atoms with Crippen molar-refractivity contribution in [1.82, 2.24) is 10.2 Å². The first-order chi connectivity index (χ1) is 14.2. The standard InChI is InChI=1S/C23H28Cl2N2O3/c1-15(2)12-26-23(29)17(4)27(13-18-7-10-20(24)21(25)11-18)22(28)14-30-19-8-5-16(3)6-9-19/h5-11,15,17H,12-14H2,1-4H3,(H,26,29). The third-order valence-electron chi connectivity index (χ3n) is 4.57. The second-order valence-corrected chi connectivity index (χ2v) is 8.50. The van der Waals surface area contributed by atoms with Crippen molar-refractivity contribution in [3.8, 4) is 5.75 Å². The summed E-state index contributed by atoms with van der Waals surface area (Å²) in [5.41, 5.74) is 1.88. The van der Waals surface area contributed by atoms with Crippen LogP contribution >= 0.6 is 23.2 Å². The summed E-state index contributed by atoms with van der Waals surface area (Å²) in [6, 6.07) is 11.9. The Bertz CT molecular complexity index is 869. The molecule has 2 aromatic carbocycles. The molecule has 0 spiro atoms. The van der Waals surface area contributed by atoms with Gasteiger partial charge in [0.05, 0.1) is 10.0 Å². The highest BCUT2D eigenvalue weighted by molar-refractivity contribution is 6.42. The average molecular weight is 451 g/mol. The molecule has 0 aromatic heterocycles. The average Bonchev–Trinajstić information content (AvgIpc) is 2.71. The summed E-state index contributed by atoms with van der Waals surface area (Å²) < 4.78 is 5.64. The number of aryl methyl sites for hydroxylation is 1. The van der Waals surface area contributed by atoms with Crippen LogP contribution < -0.4 is 10.1 Å². The summed E-state index contributed by atoms with van der Waals surface area (Å²) >= 11 is 12.1. The predicted octanol–water partition coefficient (Wildman–Crippen LogP) is 4.87. The van der Waals surface area contributed by atoms with Crippen molar-refractivity contribution in [3.05, 3.63) is 63.6 Å². The Hall–Kier alpha value is -2.24. The van der Waals surface area contributed by atoms with Crippen LogP contribution in [0.4, 0.5) is 0 Å². The summed E-state index contributed by atoms with van der Waals surface area (Å²) in [6.45, 7) is 8.29. The number of rotatable bonds is 9. The fourth-order valence-corrected chi connectivity index (χ4v) is 3.05. The second-order valence-electron chi connectivity index (χ2n) is 7.69. The van der Waals surface area contributed by atoms with Gasteiger partial charge in [0.2, 0.25) is 5.91 Å². The molecule has 0 aliphatic rings. The van der Waals surface area contributed by atoms with E-state index in [9.17, 15) is 9.59 Å². The van der Waals surface area contributed by atoms with Crippen LogP contribution in [0.15, 0.2) is 42.5 Å². The van der Waals surface area contributed by atoms with Gasteiger partial charge in [-0.25, -0.2) is 0 Å². The van der Waals surface area contributed by atoms with Crippen LogP contribution in [0, 0.1) is 12.8 Å². The van der Waals surface area contributed by atoms with Crippen molar-refractivity contribution in [1.29, 1.82) is 0 Å². The van der Waals surface area contributed by atoms with Crippen molar-refractivity contribution < 1.29 is 14.3 Å². The first-order valence-electron chi connectivity index (χ1n) is 9.88. The van der Waals surface area contributed by atoms with Gasteiger partial charge in [0.25, 0.3) is 5.91 Å². The van der Waals surface area contributed by atoms with Gasteiger partial charge in [-0.3, -0.25) is 9.59 Å². The molecule has 0 aliphatic heterocycles. The minimum absolute atomic E-state index is 0.174. The SMILES string of the molecule is Cc1ccc(OCC(=O)N(Cc2ccc(Cl)c(Cl)c2)C(C)C(=O)NCC(C)C)cc1. The lowest BCUT2D eigenvalue weighted by atomic mass is 10.1. The fourth-order valence-electron chi connectivity index (χ4n) is 2.73. The maximum absolute atomic E-state index is 13.0. The molecule has 30 heavy (non-hydrogen) atoms. The Kier molecular flexibility index (Phi) is 9.00. The van der Waals surface area contributed by atoms with E-state index in [1.807, 2.05) is 45.0 Å². The predicted molar refractivity (Wildman–Crippen MR) is 121 cm³/mol. The summed E-state index contributed by atoms with van der Waals surface area (Å²) in [5, 5.41) is 3.71. The summed E-state index contributed by atoms with van der Waals surface area (Å²) in [6.07, 6.45) is 0. The van der Waals surface area contributed by atoms with E-state index >= 15 is 0 Å². The largest absolute Gasteiger partial charge is 0.484 e. The number of benzene rings is 2. The summed E-state index contributed by atoms with van der Waals surface area (Å²) in [4.78, 5) is 27.1. The van der Waals surface area contributed by atoms with Crippen molar-refractivity contribution in [2.75, 3.05) is 13.2 Å². The zero-order valence-corrected chi connectivity index (χ0v) is 19.3. The zero-order chi connectivity index (χ0) is 22.3. The molecule has 0 radical (unpaired) electrons. The Morgan fingerprint density at radius 3 is 2.30 bits per heavy atom. The Balaban J connectivity index is 2.15. The molecule has 0 saturated carbocycles. The molecule has 0 fully saturated rings. The van der Waals surface area contributed by atoms with Crippen LogP contribution in [0.2, 0.25) is 10.0 Å². The molecule has 0 heterocycles. The quantitative estimate of drug-likeness (QED) is 0.592. The van der Waals surface area contributed by atoms with Crippen LogP contribution in [0.25, 0.3) is 0 Å². The molecule has 162 valence electrons. The third kappa shape index (κ3) is 7.22. The van der Waals surface area contributed by atoms with Gasteiger partial charge in [-0.05, 0) is 49.6 Å². The van der Waals surface area contributed by atoms with Gasteiger partial charge in [-0.2, -0.15) is 0 Å². The smallest absolute Gasteiger partial charge is 0.261 e. The number of nitrogens with one attached hydrogen (secondary N) is 1. The molecule has 5 nitrogen and oxygen atoms in total. The van der Waals surface area contributed by atoms with Crippen molar-refractivity contribution >= 4 is 35.0 Å². The van der Waals surface area contributed by atoms with E-state index in [-0.39, 0.29) is 25.0 Å². The number of hydrogen-bond acceptors (Lipinski definition) is 3. The van der Waals surface area contributed by atoms with Crippen LogP contribution in [0.3, 0.4) is 0 Å². The van der Waals surface area contributed by atoms with E-state index in [0.717, 1.165) is 11.1 Å². The maximum Gasteiger partial charge on any atom is 0.261 e. The van der Waals surface area contributed by atoms with E-state index < -0.39 is 6.04 Å². The van der Waals surface area contributed by atoms with Gasteiger partial charge in [-0.1, -0.05) is 60.8 Å². The van der Waals surface area contributed by atoms with E-state index in [2.05, 4.69) is 5.32 Å². The number of halogens is 2. The Morgan fingerprint density at radius 2 is 1.70 bits per heavy atom. The van der Waals surface area contributed by atoms with Crippen LogP contribution in [0.5, 0.6) is 5.75 Å². The molecule has 7 heteroatoms. The number of carbonyl (C=O) groups excluding carboxylic acids is 2. The summed E-state index contributed by atoms with van der Waals surface area (Å²) in [7, 11) is 0. The topological polar surface area (TPSA) is 58.6 Å². The molecule has 2 amide bonds. The molecule has 0 aliphatic carbocycles. The van der Waals surface area contributed by atoms with Gasteiger partial charge in [0.15, 0.2) is 6.61 Å². The second kappa shape index (κ2) is 11.2. The third-order valence-corrected chi connectivity index (χ3v) is 5.31. The van der Waals surface area contributed by atoms with E-state index in [4.69, 9.17) is 27.9 Å². The molecule has 0 bridgehead atoms. The van der Waals surface area contributed by atoms with Crippen molar-refractivity contribution in [2.45, 2.75) is 40.3 Å². The first kappa shape index (κ1) is 24.0. The number of ether oxygens (including phenoxy) is 1. The zero-order valence-electron chi connectivity index (χ0n) is 17.7. The number of nitrogens with zero attached hydrogens (tertiary/aromatic N) is 1. The minimum Gasteiger partial charge on any atom is -0.484 e. The molecule has 2 rings (SSSR count). The number of amides is 2. The normalized spacial score (nSPS) is 11.8. The molecule has 0 saturated heterocycles. The van der Waals surface area contributed by atoms with E-state index in [0.29, 0.717) is 28.3 Å². The molecule has 2 aromatic rings. The van der Waals surface area contributed by atoms with Gasteiger partial charge < -0.3 is 15.0 Å². The van der Waals surface area contributed by atoms with E-state index in [1.165, 1.54) is 4.90 Å². The highest BCUT2D eigenvalue weighted by Crippen LogP contribution is 2.24. The highest BCUT2D eigenvalue weighted by Gasteiger charge is 2.26. The van der Waals surface area contributed by atoms with Crippen molar-refractivity contribution in [3.63, 3.8) is 0 Å². The molecule has 1 N–H and O–H groups in total. The number of carbonyl (C=O) groups is 2. The van der Waals surface area contributed by atoms with Gasteiger partial charge in [0.1, 0.15) is 11.8 Å². The van der Waals surface area contributed by atoms with Gasteiger partial charge >= 0.3 is 0 Å². The Morgan fingerprint density at radius 1 is 1.03 bits per heavy atom. The fraction of sp³-hybridized carbons (Fsp3) is 0.391. The van der Waals surface area contributed by atoms with Gasteiger partial charge in [-0.15, -0.1) is 0 Å². The van der Waals surface area contributed by atoms with Crippen LogP contribution in [-0.2, 0) is 16.1 Å². The monoisotopic (exact) mass is 450 g/mol. The van der Waals surface area contributed by atoms with Crippen LogP contribution in [0.1, 0.15) is 31.9 Å². The van der Waals surface area contributed by atoms with E-state index in [1.54, 1.807) is 25.1 Å². The van der Waals surface area contributed by atoms with Gasteiger partial charge in [0, 0.05) is 13.1 Å². The summed E-state index contributed by atoms with van der Waals surface area (Å²) in [5.74, 6) is 0.395. The molecule has 1 atom stereocenters. The highest BCUT2D eigenvalue weighted by atomic mass is 35.5. The molecular weight excluding hydrogens is 423 g/mol. The molecule has 1 unspecified atom stereocenters. The molecular formula is C23H28Cl2N2O3. The first-order valence-corrected chi connectivity index (χ1v) is 10.6. The Labute approximate surface area is 188 Å². The lowest BCUT2D eigenvalue weighted by Crippen LogP contribution is -2.49. The number of hydrogen-bond donors (Lipinski definition) is 1. The lowest BCUT2D eigenvalue weighted by molar-refractivity contribution is -0.142. The lowest BCUT2D eigenvalue weighted by Gasteiger charge is -2.29. The minimum atomic E-state index is -0.674. The van der Waals surface area contributed by atoms with Crippen molar-refractivity contribution in [2.24, 2.45) is 5.92 Å². The van der Waals surface area contributed by atoms with Crippen LogP contribution in [-0.4, -0.2) is 35.9 Å².